The second kappa shape index (κ2) is 9.18. The maximum absolute atomic E-state index is 11.6. The Morgan fingerprint density at radius 1 is 1.35 bits per heavy atom. The van der Waals surface area contributed by atoms with Gasteiger partial charge in [-0.3, -0.25) is 4.79 Å². The van der Waals surface area contributed by atoms with E-state index < -0.39 is 0 Å². The van der Waals surface area contributed by atoms with E-state index >= 15 is 0 Å². The molecule has 1 heterocycles. The maximum atomic E-state index is 11.6. The number of nitrogens with one attached hydrogen (secondary N) is 2. The van der Waals surface area contributed by atoms with Crippen LogP contribution < -0.4 is 10.6 Å². The van der Waals surface area contributed by atoms with Gasteiger partial charge in [0.15, 0.2) is 4.34 Å². The lowest BCUT2D eigenvalue weighted by molar-refractivity contribution is -0.118. The van der Waals surface area contributed by atoms with Crippen LogP contribution in [0.15, 0.2) is 28.6 Å². The summed E-state index contributed by atoms with van der Waals surface area (Å²) in [6.07, 6.45) is 0. The van der Waals surface area contributed by atoms with Crippen LogP contribution in [0.2, 0.25) is 0 Å². The van der Waals surface area contributed by atoms with Crippen molar-refractivity contribution in [3.63, 3.8) is 0 Å². The first kappa shape index (κ1) is 17.2. The Morgan fingerprint density at radius 3 is 2.90 bits per heavy atom. The highest BCUT2D eigenvalue weighted by Crippen LogP contribution is 2.28. The number of aromatic nitrogens is 1. The minimum absolute atomic E-state index is 0. The van der Waals surface area contributed by atoms with Crippen molar-refractivity contribution < 1.29 is 4.79 Å². The van der Waals surface area contributed by atoms with Crippen LogP contribution >= 0.6 is 35.5 Å². The predicted molar refractivity (Wildman–Crippen MR) is 89.1 cm³/mol. The maximum Gasteiger partial charge on any atom is 0.230 e. The summed E-state index contributed by atoms with van der Waals surface area (Å²) in [5.41, 5.74) is 1.00. The van der Waals surface area contributed by atoms with Gasteiger partial charge in [-0.15, -0.1) is 23.7 Å². The molecule has 1 aromatic heterocycles. The first-order valence-electron chi connectivity index (χ1n) is 6.25. The molecule has 0 aliphatic rings. The van der Waals surface area contributed by atoms with E-state index in [1.807, 2.05) is 31.2 Å². The van der Waals surface area contributed by atoms with E-state index in [0.717, 1.165) is 27.6 Å². The lowest BCUT2D eigenvalue weighted by atomic mass is 10.3. The number of amides is 1. The third-order valence-corrected chi connectivity index (χ3v) is 4.65. The van der Waals surface area contributed by atoms with Crippen LogP contribution in [0.1, 0.15) is 6.92 Å². The van der Waals surface area contributed by atoms with E-state index in [0.29, 0.717) is 12.3 Å². The molecule has 0 radical (unpaired) electrons. The Hall–Kier alpha value is -0.820. The van der Waals surface area contributed by atoms with Crippen LogP contribution in [-0.4, -0.2) is 36.3 Å². The average molecular weight is 332 g/mol. The number of benzene rings is 1. The number of rotatable bonds is 7. The Morgan fingerprint density at radius 2 is 2.15 bits per heavy atom. The normalized spacial score (nSPS) is 10.2. The van der Waals surface area contributed by atoms with Gasteiger partial charge in [0.1, 0.15) is 0 Å². The highest BCUT2D eigenvalue weighted by Gasteiger charge is 2.06. The second-order valence-corrected chi connectivity index (χ2v) is 6.19. The van der Waals surface area contributed by atoms with E-state index in [2.05, 4.69) is 15.6 Å². The van der Waals surface area contributed by atoms with Gasteiger partial charge in [-0.1, -0.05) is 30.8 Å². The number of thioether (sulfide) groups is 1. The monoisotopic (exact) mass is 331 g/mol. The zero-order valence-corrected chi connectivity index (χ0v) is 13.7. The molecule has 0 unspecified atom stereocenters. The Bertz CT molecular complexity index is 514. The number of carbonyl (C=O) groups is 1. The van der Waals surface area contributed by atoms with Crippen LogP contribution in [0.3, 0.4) is 0 Å². The van der Waals surface area contributed by atoms with E-state index in [1.54, 1.807) is 11.3 Å². The van der Waals surface area contributed by atoms with Crippen molar-refractivity contribution in [1.82, 2.24) is 15.6 Å². The molecule has 0 aliphatic carbocycles. The molecule has 2 rings (SSSR count). The highest BCUT2D eigenvalue weighted by atomic mass is 35.5. The van der Waals surface area contributed by atoms with Crippen LogP contribution in [0.25, 0.3) is 10.2 Å². The molecule has 0 saturated carbocycles. The van der Waals surface area contributed by atoms with Gasteiger partial charge < -0.3 is 10.6 Å². The molecule has 7 heteroatoms. The van der Waals surface area contributed by atoms with Crippen molar-refractivity contribution in [2.45, 2.75) is 11.3 Å². The lowest BCUT2D eigenvalue weighted by Crippen LogP contribution is -2.32. The molecule has 1 amide bonds. The van der Waals surface area contributed by atoms with E-state index in [9.17, 15) is 4.79 Å². The summed E-state index contributed by atoms with van der Waals surface area (Å²) in [6.45, 7) is 4.46. The number of hydrogen-bond acceptors (Lipinski definition) is 5. The SMILES string of the molecule is CCNCCNC(=O)CSc1nc2ccccc2s1.Cl. The lowest BCUT2D eigenvalue weighted by Gasteiger charge is -2.04. The quantitative estimate of drug-likeness (QED) is 0.604. The van der Waals surface area contributed by atoms with Crippen molar-refractivity contribution in [1.29, 1.82) is 0 Å². The third kappa shape index (κ3) is 5.28. The summed E-state index contributed by atoms with van der Waals surface area (Å²) in [6, 6.07) is 8.02. The molecule has 4 nitrogen and oxygen atoms in total. The van der Waals surface area contributed by atoms with Gasteiger partial charge in [-0.05, 0) is 18.7 Å². The van der Waals surface area contributed by atoms with Crippen molar-refractivity contribution >= 4 is 51.6 Å². The first-order valence-corrected chi connectivity index (χ1v) is 8.05. The highest BCUT2D eigenvalue weighted by molar-refractivity contribution is 8.01. The molecular weight excluding hydrogens is 314 g/mol. The minimum Gasteiger partial charge on any atom is -0.354 e. The fraction of sp³-hybridized carbons (Fsp3) is 0.385. The van der Waals surface area contributed by atoms with Crippen LogP contribution in [0.4, 0.5) is 0 Å². The molecule has 0 bridgehead atoms. The largest absolute Gasteiger partial charge is 0.354 e. The van der Waals surface area contributed by atoms with Crippen LogP contribution in [0, 0.1) is 0 Å². The molecule has 0 saturated heterocycles. The van der Waals surface area contributed by atoms with Crippen LogP contribution in [0.5, 0.6) is 0 Å². The number of nitrogens with zero attached hydrogens (tertiary/aromatic N) is 1. The van der Waals surface area contributed by atoms with E-state index in [-0.39, 0.29) is 18.3 Å². The van der Waals surface area contributed by atoms with Gasteiger partial charge >= 0.3 is 0 Å². The number of para-hydroxylation sites is 1. The molecule has 1 aromatic carbocycles. The van der Waals surface area contributed by atoms with Crippen molar-refractivity contribution in [2.24, 2.45) is 0 Å². The minimum atomic E-state index is 0. The van der Waals surface area contributed by atoms with Gasteiger partial charge in [0.05, 0.1) is 16.0 Å². The average Bonchev–Trinajstić information content (AvgIpc) is 2.84. The van der Waals surface area contributed by atoms with Gasteiger partial charge in [-0.2, -0.15) is 0 Å². The number of likely N-dealkylation sites (N-methyl/N-ethyl adjacent to an activating group) is 1. The number of hydrogen-bond donors (Lipinski definition) is 2. The number of carbonyl (C=O) groups excluding carboxylic acids is 1. The number of thiazole rings is 1. The van der Waals surface area contributed by atoms with Gasteiger partial charge in [-0.25, -0.2) is 4.98 Å². The van der Waals surface area contributed by atoms with Gasteiger partial charge in [0.25, 0.3) is 0 Å². The fourth-order valence-electron chi connectivity index (χ4n) is 1.56. The van der Waals surface area contributed by atoms with E-state index in [4.69, 9.17) is 0 Å². The molecule has 0 atom stereocenters. The molecule has 2 N–H and O–H groups in total. The number of halogens is 1. The van der Waals surface area contributed by atoms with Crippen LogP contribution in [-0.2, 0) is 4.79 Å². The van der Waals surface area contributed by atoms with Gasteiger partial charge in [0.2, 0.25) is 5.91 Å². The molecule has 20 heavy (non-hydrogen) atoms. The molecular formula is C13H18ClN3OS2. The summed E-state index contributed by atoms with van der Waals surface area (Å²) in [5, 5.41) is 6.04. The standard InChI is InChI=1S/C13H17N3OS2.ClH/c1-2-14-7-8-15-12(17)9-18-13-16-10-5-3-4-6-11(10)19-13;/h3-6,14H,2,7-9H2,1H3,(H,15,17);1H. The first-order chi connectivity index (χ1) is 9.29. The summed E-state index contributed by atoms with van der Waals surface area (Å²) in [5.74, 6) is 0.480. The molecule has 0 aliphatic heterocycles. The summed E-state index contributed by atoms with van der Waals surface area (Å²) in [7, 11) is 0. The fourth-order valence-corrected chi connectivity index (χ4v) is 3.46. The Kier molecular flexibility index (Phi) is 7.91. The van der Waals surface area contributed by atoms with Crippen molar-refractivity contribution in [3.8, 4) is 0 Å². The molecule has 2 aromatic rings. The molecule has 0 fully saturated rings. The summed E-state index contributed by atoms with van der Waals surface area (Å²) >= 11 is 3.12. The van der Waals surface area contributed by atoms with Crippen molar-refractivity contribution in [3.05, 3.63) is 24.3 Å². The molecule has 110 valence electrons. The van der Waals surface area contributed by atoms with Gasteiger partial charge in [0, 0.05) is 13.1 Å². The Labute approximate surface area is 133 Å². The Balaban J connectivity index is 0.00000200. The zero-order valence-electron chi connectivity index (χ0n) is 11.2. The summed E-state index contributed by atoms with van der Waals surface area (Å²) in [4.78, 5) is 16.1. The predicted octanol–water partition coefficient (Wildman–Crippen LogP) is 2.54. The van der Waals surface area contributed by atoms with Crippen molar-refractivity contribution in [2.75, 3.05) is 25.4 Å². The number of fused-ring (bicyclic) bond motifs is 1. The molecule has 0 spiro atoms. The zero-order chi connectivity index (χ0) is 13.5. The smallest absolute Gasteiger partial charge is 0.230 e. The third-order valence-electron chi connectivity index (χ3n) is 2.47. The summed E-state index contributed by atoms with van der Waals surface area (Å²) < 4.78 is 2.11. The van der Waals surface area contributed by atoms with E-state index in [1.165, 1.54) is 11.8 Å². The second-order valence-electron chi connectivity index (χ2n) is 3.94. The topological polar surface area (TPSA) is 54.0 Å².